The van der Waals surface area contributed by atoms with Gasteiger partial charge in [-0.25, -0.2) is 13.5 Å². The first-order chi connectivity index (χ1) is 15.9. The van der Waals surface area contributed by atoms with Crippen molar-refractivity contribution in [3.8, 4) is 17.3 Å². The number of unbranched alkanes of at least 4 members (excludes halogenated alkanes) is 1. The van der Waals surface area contributed by atoms with Crippen LogP contribution in [-0.2, 0) is 6.54 Å². The van der Waals surface area contributed by atoms with E-state index in [0.29, 0.717) is 30.4 Å². The number of nitrogens with zero attached hydrogens (tertiary/aromatic N) is 3. The Hall–Kier alpha value is -2.77. The average molecular weight is 458 g/mol. The minimum absolute atomic E-state index is 0.334. The van der Waals surface area contributed by atoms with Gasteiger partial charge in [-0.2, -0.15) is 5.10 Å². The molecule has 7 heteroatoms. The van der Waals surface area contributed by atoms with Gasteiger partial charge in [0.15, 0.2) is 0 Å². The molecule has 1 unspecified atom stereocenters. The Morgan fingerprint density at radius 1 is 1.00 bits per heavy atom. The van der Waals surface area contributed by atoms with Crippen molar-refractivity contribution in [1.82, 2.24) is 14.7 Å². The van der Waals surface area contributed by atoms with E-state index in [-0.39, 0.29) is 11.6 Å². The summed E-state index contributed by atoms with van der Waals surface area (Å²) in [5.74, 6) is 0.292. The fraction of sp³-hybridized carbons (Fsp3) is 0.423. The smallest absolute Gasteiger partial charge is 0.227 e. The van der Waals surface area contributed by atoms with E-state index in [4.69, 9.17) is 4.74 Å². The van der Waals surface area contributed by atoms with Gasteiger partial charge in [0, 0.05) is 13.1 Å². The standard InChI is InChI=1S/C26H33F2N3O2/c1-4-6-7-23(32)17-30(16-5-2)18-25-19(3)29-31(22-12-8-20(27)9-13-22)26(25)33-24-14-10-21(28)11-15-24/h8-15,23,32H,4-7,16-18H2,1-3H3. The number of benzene rings is 2. The van der Waals surface area contributed by atoms with Crippen LogP contribution in [-0.4, -0.2) is 39.0 Å². The molecule has 0 bridgehead atoms. The van der Waals surface area contributed by atoms with Crippen LogP contribution in [0.15, 0.2) is 48.5 Å². The summed E-state index contributed by atoms with van der Waals surface area (Å²) in [5, 5.41) is 15.2. The molecule has 2 aromatic carbocycles. The first kappa shape index (κ1) is 24.9. The van der Waals surface area contributed by atoms with E-state index < -0.39 is 6.10 Å². The van der Waals surface area contributed by atoms with Crippen LogP contribution in [0.1, 0.15) is 50.8 Å². The normalized spacial score (nSPS) is 12.3. The molecule has 3 rings (SSSR count). The third-order valence-electron chi connectivity index (χ3n) is 5.52. The highest BCUT2D eigenvalue weighted by Gasteiger charge is 2.22. The van der Waals surface area contributed by atoms with Gasteiger partial charge in [-0.15, -0.1) is 0 Å². The lowest BCUT2D eigenvalue weighted by atomic mass is 10.1. The maximum absolute atomic E-state index is 13.5. The summed E-state index contributed by atoms with van der Waals surface area (Å²) < 4.78 is 34.8. The predicted molar refractivity (Wildman–Crippen MR) is 126 cm³/mol. The molecule has 1 atom stereocenters. The molecule has 0 fully saturated rings. The van der Waals surface area contributed by atoms with Gasteiger partial charge in [-0.3, -0.25) is 4.90 Å². The number of hydrogen-bond acceptors (Lipinski definition) is 4. The minimum Gasteiger partial charge on any atom is -0.439 e. The molecule has 5 nitrogen and oxygen atoms in total. The molecule has 1 N–H and O–H groups in total. The van der Waals surface area contributed by atoms with E-state index in [2.05, 4.69) is 23.8 Å². The van der Waals surface area contributed by atoms with Crippen molar-refractivity contribution in [3.63, 3.8) is 0 Å². The lowest BCUT2D eigenvalue weighted by Crippen LogP contribution is -2.33. The highest BCUT2D eigenvalue weighted by molar-refractivity contribution is 5.43. The summed E-state index contributed by atoms with van der Waals surface area (Å²) in [5.41, 5.74) is 2.31. The van der Waals surface area contributed by atoms with Crippen molar-refractivity contribution < 1.29 is 18.6 Å². The number of aromatic nitrogens is 2. The zero-order chi connectivity index (χ0) is 23.8. The van der Waals surface area contributed by atoms with Crippen LogP contribution in [0.2, 0.25) is 0 Å². The van der Waals surface area contributed by atoms with Gasteiger partial charge in [0.05, 0.1) is 23.0 Å². The van der Waals surface area contributed by atoms with E-state index in [9.17, 15) is 13.9 Å². The number of ether oxygens (including phenoxy) is 1. The zero-order valence-corrected chi connectivity index (χ0v) is 19.6. The molecule has 0 saturated carbocycles. The second-order valence-electron chi connectivity index (χ2n) is 8.34. The summed E-state index contributed by atoms with van der Waals surface area (Å²) >= 11 is 0. The molecular formula is C26H33F2N3O2. The molecule has 0 aliphatic heterocycles. The molecule has 33 heavy (non-hydrogen) atoms. The number of aryl methyl sites for hydroxylation is 1. The van der Waals surface area contributed by atoms with Crippen LogP contribution in [0, 0.1) is 18.6 Å². The number of aliphatic hydroxyl groups is 1. The lowest BCUT2D eigenvalue weighted by molar-refractivity contribution is 0.0991. The predicted octanol–water partition coefficient (Wildman–Crippen LogP) is 6.01. The van der Waals surface area contributed by atoms with Crippen molar-refractivity contribution >= 4 is 0 Å². The van der Waals surface area contributed by atoms with Crippen LogP contribution in [0.4, 0.5) is 8.78 Å². The van der Waals surface area contributed by atoms with Gasteiger partial charge < -0.3 is 9.84 Å². The number of aliphatic hydroxyl groups excluding tert-OH is 1. The van der Waals surface area contributed by atoms with Crippen molar-refractivity contribution in [3.05, 3.63) is 71.4 Å². The minimum atomic E-state index is -0.398. The number of rotatable bonds is 12. The highest BCUT2D eigenvalue weighted by atomic mass is 19.1. The number of hydrogen-bond donors (Lipinski definition) is 1. The monoisotopic (exact) mass is 457 g/mol. The molecule has 0 aliphatic carbocycles. The summed E-state index contributed by atoms with van der Waals surface area (Å²) in [4.78, 5) is 2.21. The zero-order valence-electron chi connectivity index (χ0n) is 19.6. The van der Waals surface area contributed by atoms with E-state index in [1.807, 2.05) is 6.92 Å². The molecule has 0 aliphatic rings. The van der Waals surface area contributed by atoms with E-state index in [1.54, 1.807) is 28.9 Å². The van der Waals surface area contributed by atoms with Crippen molar-refractivity contribution in [2.75, 3.05) is 13.1 Å². The second kappa shape index (κ2) is 11.9. The summed E-state index contributed by atoms with van der Waals surface area (Å²) in [6, 6.07) is 11.8. The van der Waals surface area contributed by atoms with Gasteiger partial charge in [0.2, 0.25) is 5.88 Å². The van der Waals surface area contributed by atoms with Crippen LogP contribution in [0.3, 0.4) is 0 Å². The van der Waals surface area contributed by atoms with Crippen LogP contribution in [0.25, 0.3) is 5.69 Å². The molecule has 0 spiro atoms. The fourth-order valence-electron chi connectivity index (χ4n) is 3.80. The quantitative estimate of drug-likeness (QED) is 0.362. The van der Waals surface area contributed by atoms with Crippen LogP contribution >= 0.6 is 0 Å². The second-order valence-corrected chi connectivity index (χ2v) is 8.34. The van der Waals surface area contributed by atoms with E-state index in [0.717, 1.165) is 43.5 Å². The average Bonchev–Trinajstić information content (AvgIpc) is 3.09. The van der Waals surface area contributed by atoms with Crippen LogP contribution < -0.4 is 4.74 Å². The Kier molecular flexibility index (Phi) is 8.97. The molecule has 0 amide bonds. The highest BCUT2D eigenvalue weighted by Crippen LogP contribution is 2.32. The van der Waals surface area contributed by atoms with Gasteiger partial charge >= 0.3 is 0 Å². The molecule has 1 aromatic heterocycles. The van der Waals surface area contributed by atoms with Crippen molar-refractivity contribution in [2.45, 2.75) is 59.1 Å². The maximum atomic E-state index is 13.5. The third-order valence-corrected chi connectivity index (χ3v) is 5.52. The molecule has 3 aromatic rings. The van der Waals surface area contributed by atoms with E-state index in [1.165, 1.54) is 24.3 Å². The molecule has 1 heterocycles. The Morgan fingerprint density at radius 3 is 2.24 bits per heavy atom. The summed E-state index contributed by atoms with van der Waals surface area (Å²) in [7, 11) is 0. The van der Waals surface area contributed by atoms with Crippen molar-refractivity contribution in [1.29, 1.82) is 0 Å². The topological polar surface area (TPSA) is 50.5 Å². The fourth-order valence-corrected chi connectivity index (χ4v) is 3.80. The molecular weight excluding hydrogens is 424 g/mol. The Morgan fingerprint density at radius 2 is 1.64 bits per heavy atom. The van der Waals surface area contributed by atoms with Gasteiger partial charge in [-0.05, 0) is 74.8 Å². The third kappa shape index (κ3) is 6.85. The molecule has 0 saturated heterocycles. The van der Waals surface area contributed by atoms with Crippen LogP contribution in [0.5, 0.6) is 11.6 Å². The maximum Gasteiger partial charge on any atom is 0.227 e. The van der Waals surface area contributed by atoms with Gasteiger partial charge in [0.1, 0.15) is 17.4 Å². The Labute approximate surface area is 194 Å². The molecule has 178 valence electrons. The SMILES string of the molecule is CCCCC(O)CN(CCC)Cc1c(C)nn(-c2ccc(F)cc2)c1Oc1ccc(F)cc1. The van der Waals surface area contributed by atoms with E-state index >= 15 is 0 Å². The number of halogens is 2. The van der Waals surface area contributed by atoms with Gasteiger partial charge in [-0.1, -0.05) is 26.7 Å². The summed E-state index contributed by atoms with van der Waals surface area (Å²) in [6.45, 7) is 8.05. The first-order valence-electron chi connectivity index (χ1n) is 11.6. The molecule has 0 radical (unpaired) electrons. The summed E-state index contributed by atoms with van der Waals surface area (Å²) in [6.07, 6.45) is 3.35. The van der Waals surface area contributed by atoms with Gasteiger partial charge in [0.25, 0.3) is 0 Å². The Bertz CT molecular complexity index is 1000. The lowest BCUT2D eigenvalue weighted by Gasteiger charge is -2.25. The Balaban J connectivity index is 1.96. The first-order valence-corrected chi connectivity index (χ1v) is 11.6. The largest absolute Gasteiger partial charge is 0.439 e. The van der Waals surface area contributed by atoms with Crippen molar-refractivity contribution in [2.24, 2.45) is 0 Å².